The highest BCUT2D eigenvalue weighted by molar-refractivity contribution is 5.34. The Morgan fingerprint density at radius 2 is 1.79 bits per heavy atom. The number of nitrogens with one attached hydrogen (secondary N) is 1. The predicted molar refractivity (Wildman–Crippen MR) is 72.4 cm³/mol. The second-order valence-corrected chi connectivity index (χ2v) is 3.91. The van der Waals surface area contributed by atoms with Crippen molar-refractivity contribution in [1.82, 2.24) is 9.97 Å². The average molecular weight is 260 g/mol. The van der Waals surface area contributed by atoms with Gasteiger partial charge in [0.2, 0.25) is 5.95 Å². The number of benzene rings is 1. The molecule has 6 heteroatoms. The van der Waals surface area contributed by atoms with Crippen LogP contribution in [0.2, 0.25) is 0 Å². The van der Waals surface area contributed by atoms with Crippen molar-refractivity contribution in [3.05, 3.63) is 36.7 Å². The van der Waals surface area contributed by atoms with E-state index in [0.717, 1.165) is 13.0 Å². The molecule has 1 aromatic carbocycles. The first kappa shape index (κ1) is 13.1. The first-order chi connectivity index (χ1) is 9.28. The van der Waals surface area contributed by atoms with Gasteiger partial charge in [0.15, 0.2) is 5.75 Å². The van der Waals surface area contributed by atoms with E-state index in [1.54, 1.807) is 36.7 Å². The van der Waals surface area contributed by atoms with E-state index < -0.39 is 0 Å². The van der Waals surface area contributed by atoms with Crippen molar-refractivity contribution in [3.8, 4) is 17.2 Å². The van der Waals surface area contributed by atoms with Crippen molar-refractivity contribution in [1.29, 1.82) is 0 Å². The molecule has 0 fully saturated rings. The fourth-order valence-electron chi connectivity index (χ4n) is 1.41. The van der Waals surface area contributed by atoms with Crippen LogP contribution in [0.25, 0.3) is 0 Å². The molecule has 1 aromatic heterocycles. The van der Waals surface area contributed by atoms with Gasteiger partial charge >= 0.3 is 0 Å². The summed E-state index contributed by atoms with van der Waals surface area (Å²) in [5, 5.41) is 12.2. The molecule has 0 saturated heterocycles. The summed E-state index contributed by atoms with van der Waals surface area (Å²) in [6.45, 7) is 1.38. The fraction of sp³-hybridized carbons (Fsp3) is 0.231. The van der Waals surface area contributed by atoms with E-state index >= 15 is 0 Å². The quantitative estimate of drug-likeness (QED) is 0.685. The van der Waals surface area contributed by atoms with Crippen LogP contribution in [-0.4, -0.2) is 28.2 Å². The number of ether oxygens (including phenoxy) is 1. The molecule has 0 saturated carbocycles. The van der Waals surface area contributed by atoms with Crippen LogP contribution in [0.3, 0.4) is 0 Å². The van der Waals surface area contributed by atoms with Crippen LogP contribution in [0.5, 0.6) is 17.2 Å². The number of aromatic hydroxyl groups is 1. The molecule has 4 N–H and O–H groups in total. The Bertz CT molecular complexity index is 499. The Labute approximate surface area is 111 Å². The normalized spacial score (nSPS) is 10.2. The summed E-state index contributed by atoms with van der Waals surface area (Å²) in [7, 11) is 0. The molecule has 100 valence electrons. The van der Waals surface area contributed by atoms with Crippen LogP contribution in [0.15, 0.2) is 36.7 Å². The third kappa shape index (κ3) is 4.11. The molecule has 1 heterocycles. The summed E-state index contributed by atoms with van der Waals surface area (Å²) < 4.78 is 5.53. The van der Waals surface area contributed by atoms with E-state index in [1.165, 1.54) is 0 Å². The van der Waals surface area contributed by atoms with E-state index in [-0.39, 0.29) is 5.75 Å². The number of hydrogen-bond acceptors (Lipinski definition) is 6. The zero-order chi connectivity index (χ0) is 13.5. The molecule has 0 aliphatic carbocycles. The van der Waals surface area contributed by atoms with Gasteiger partial charge in [0.1, 0.15) is 11.5 Å². The monoisotopic (exact) mass is 260 g/mol. The zero-order valence-electron chi connectivity index (χ0n) is 10.4. The van der Waals surface area contributed by atoms with Crippen molar-refractivity contribution >= 4 is 5.95 Å². The minimum atomic E-state index is 0.197. The number of aromatic nitrogens is 2. The summed E-state index contributed by atoms with van der Waals surface area (Å²) in [6.07, 6.45) is 4.05. The molecule has 0 bridgehead atoms. The molecule has 19 heavy (non-hydrogen) atoms. The fourth-order valence-corrected chi connectivity index (χ4v) is 1.41. The van der Waals surface area contributed by atoms with Gasteiger partial charge in [0.25, 0.3) is 0 Å². The summed E-state index contributed by atoms with van der Waals surface area (Å²) in [4.78, 5) is 8.25. The van der Waals surface area contributed by atoms with Gasteiger partial charge in [-0.3, -0.25) is 0 Å². The lowest BCUT2D eigenvalue weighted by molar-refractivity contribution is 0.462. The van der Waals surface area contributed by atoms with Crippen LogP contribution in [0.4, 0.5) is 5.95 Å². The molecular formula is C13H16N4O2. The van der Waals surface area contributed by atoms with Crippen LogP contribution in [-0.2, 0) is 0 Å². The molecule has 0 amide bonds. The molecule has 0 atom stereocenters. The highest BCUT2D eigenvalue weighted by atomic mass is 16.5. The van der Waals surface area contributed by atoms with E-state index in [4.69, 9.17) is 15.6 Å². The summed E-state index contributed by atoms with van der Waals surface area (Å²) >= 11 is 0. The highest BCUT2D eigenvalue weighted by Gasteiger charge is 2.00. The van der Waals surface area contributed by atoms with Crippen LogP contribution in [0, 0.1) is 0 Å². The number of hydrogen-bond donors (Lipinski definition) is 3. The lowest BCUT2D eigenvalue weighted by Gasteiger charge is -2.06. The maximum absolute atomic E-state index is 9.16. The van der Waals surface area contributed by atoms with E-state index in [1.807, 2.05) is 0 Å². The number of phenolic OH excluding ortho intramolecular Hbond substituents is 1. The van der Waals surface area contributed by atoms with Gasteiger partial charge in [-0.1, -0.05) is 0 Å². The minimum absolute atomic E-state index is 0.197. The smallest absolute Gasteiger partial charge is 0.222 e. The molecule has 0 unspecified atom stereocenters. The highest BCUT2D eigenvalue weighted by Crippen LogP contribution is 2.22. The Hall–Kier alpha value is -2.34. The average Bonchev–Trinajstić information content (AvgIpc) is 2.44. The third-order valence-corrected chi connectivity index (χ3v) is 2.36. The number of phenols is 1. The topological polar surface area (TPSA) is 93.3 Å². The van der Waals surface area contributed by atoms with E-state index in [2.05, 4.69) is 15.3 Å². The second kappa shape index (κ2) is 6.55. The number of nitrogens with two attached hydrogens (primary N) is 1. The van der Waals surface area contributed by atoms with Crippen molar-refractivity contribution < 1.29 is 9.84 Å². The maximum Gasteiger partial charge on any atom is 0.222 e. The second-order valence-electron chi connectivity index (χ2n) is 3.91. The van der Waals surface area contributed by atoms with Crippen molar-refractivity contribution in [2.45, 2.75) is 6.42 Å². The van der Waals surface area contributed by atoms with Crippen molar-refractivity contribution in [2.75, 3.05) is 18.4 Å². The Balaban J connectivity index is 1.92. The molecule has 0 aliphatic heterocycles. The summed E-state index contributed by atoms with van der Waals surface area (Å²) in [5.74, 6) is 1.90. The Morgan fingerprint density at radius 3 is 2.42 bits per heavy atom. The maximum atomic E-state index is 9.16. The van der Waals surface area contributed by atoms with E-state index in [9.17, 15) is 0 Å². The lowest BCUT2D eigenvalue weighted by Crippen LogP contribution is -2.10. The van der Waals surface area contributed by atoms with E-state index in [0.29, 0.717) is 24.0 Å². The SMILES string of the molecule is NCCCNc1ncc(Oc2ccc(O)cc2)cn1. The summed E-state index contributed by atoms with van der Waals surface area (Å²) in [6, 6.07) is 6.45. The summed E-state index contributed by atoms with van der Waals surface area (Å²) in [5.41, 5.74) is 5.39. The molecule has 6 nitrogen and oxygen atoms in total. The molecule has 2 aromatic rings. The van der Waals surface area contributed by atoms with Crippen LogP contribution >= 0.6 is 0 Å². The first-order valence-corrected chi connectivity index (χ1v) is 6.01. The number of nitrogens with zero attached hydrogens (tertiary/aromatic N) is 2. The van der Waals surface area contributed by atoms with Gasteiger partial charge in [-0.25, -0.2) is 9.97 Å². The molecule has 0 aliphatic rings. The van der Waals surface area contributed by atoms with Gasteiger partial charge in [-0.15, -0.1) is 0 Å². The van der Waals surface area contributed by atoms with Gasteiger partial charge in [-0.2, -0.15) is 0 Å². The van der Waals surface area contributed by atoms with Crippen LogP contribution < -0.4 is 15.8 Å². The largest absolute Gasteiger partial charge is 0.508 e. The number of anilines is 1. The predicted octanol–water partition coefficient (Wildman–Crippen LogP) is 1.74. The van der Waals surface area contributed by atoms with Crippen LogP contribution in [0.1, 0.15) is 6.42 Å². The Kier molecular flexibility index (Phi) is 4.52. The Morgan fingerprint density at radius 1 is 1.11 bits per heavy atom. The van der Waals surface area contributed by atoms with Crippen molar-refractivity contribution in [3.63, 3.8) is 0 Å². The first-order valence-electron chi connectivity index (χ1n) is 6.01. The standard InChI is InChI=1S/C13H16N4O2/c14-6-1-7-15-13-16-8-12(9-17-13)19-11-4-2-10(18)3-5-11/h2-5,8-9,18H,1,6-7,14H2,(H,15,16,17). The molecule has 2 rings (SSSR count). The molecular weight excluding hydrogens is 244 g/mol. The van der Waals surface area contributed by atoms with Crippen molar-refractivity contribution in [2.24, 2.45) is 5.73 Å². The zero-order valence-corrected chi connectivity index (χ0v) is 10.4. The van der Waals surface area contributed by atoms with Gasteiger partial charge < -0.3 is 20.9 Å². The van der Waals surface area contributed by atoms with Gasteiger partial charge in [0, 0.05) is 6.54 Å². The number of rotatable bonds is 6. The lowest BCUT2D eigenvalue weighted by atomic mass is 10.3. The third-order valence-electron chi connectivity index (χ3n) is 2.36. The van der Waals surface area contributed by atoms with Gasteiger partial charge in [-0.05, 0) is 37.2 Å². The van der Waals surface area contributed by atoms with Gasteiger partial charge in [0.05, 0.1) is 12.4 Å². The molecule has 0 radical (unpaired) electrons. The molecule has 0 spiro atoms. The minimum Gasteiger partial charge on any atom is -0.508 e.